The first kappa shape index (κ1) is 39.2. The zero-order valence-electron chi connectivity index (χ0n) is 31.0. The van der Waals surface area contributed by atoms with Crippen molar-refractivity contribution >= 4 is 12.6 Å². The Bertz CT molecular complexity index is 980. The van der Waals surface area contributed by atoms with Crippen molar-refractivity contribution in [2.24, 2.45) is 52.9 Å². The second kappa shape index (κ2) is 21.0. The summed E-state index contributed by atoms with van der Waals surface area (Å²) in [6, 6.07) is 7.40. The topological polar surface area (TPSA) is 72.3 Å². The molecule has 0 heterocycles. The van der Waals surface area contributed by atoms with Gasteiger partial charge in [0.05, 0.1) is 6.10 Å². The van der Waals surface area contributed by atoms with Gasteiger partial charge < -0.3 is 16.6 Å². The average Bonchev–Trinajstić information content (AvgIpc) is 3.06. The van der Waals surface area contributed by atoms with Crippen molar-refractivity contribution < 1.29 is 5.11 Å². The summed E-state index contributed by atoms with van der Waals surface area (Å²) in [6.07, 6.45) is 28.1. The van der Waals surface area contributed by atoms with Crippen LogP contribution in [0.15, 0.2) is 18.2 Å². The third kappa shape index (κ3) is 11.8. The summed E-state index contributed by atoms with van der Waals surface area (Å²) < 4.78 is 0. The van der Waals surface area contributed by atoms with Gasteiger partial charge in [-0.3, -0.25) is 0 Å². The van der Waals surface area contributed by atoms with Gasteiger partial charge in [-0.1, -0.05) is 95.4 Å². The Morgan fingerprint density at radius 1 is 0.681 bits per heavy atom. The lowest BCUT2D eigenvalue weighted by Crippen LogP contribution is -2.43. The number of hydrogen-bond donors (Lipinski definition) is 4. The number of aliphatic hydroxyl groups is 1. The molecule has 0 aliphatic heterocycles. The van der Waals surface area contributed by atoms with Crippen molar-refractivity contribution in [3.8, 4) is 0 Å². The smallest absolute Gasteiger partial charge is 0.0571 e. The first-order chi connectivity index (χ1) is 22.9. The molecule has 4 rings (SSSR count). The van der Waals surface area contributed by atoms with Gasteiger partial charge in [0.15, 0.2) is 0 Å². The SMILES string of the molecule is CCCCCc1cc(C)cc(C2CCC(O)C(C3CC(C4CC(CCCCC)C(CCCCN)C(CCCCN)C4)CCC3S)C2)c1. The van der Waals surface area contributed by atoms with Crippen molar-refractivity contribution in [3.63, 3.8) is 0 Å². The maximum atomic E-state index is 11.6. The number of thiol groups is 1. The minimum atomic E-state index is -0.164. The highest BCUT2D eigenvalue weighted by Crippen LogP contribution is 2.53. The van der Waals surface area contributed by atoms with Crippen LogP contribution in [-0.2, 0) is 6.42 Å². The van der Waals surface area contributed by atoms with Crippen LogP contribution in [0, 0.1) is 48.3 Å². The van der Waals surface area contributed by atoms with Crippen LogP contribution in [-0.4, -0.2) is 29.5 Å². The van der Waals surface area contributed by atoms with Crippen molar-refractivity contribution in [3.05, 3.63) is 34.9 Å². The molecule has 0 saturated heterocycles. The normalized spacial score (nSPS) is 33.3. The van der Waals surface area contributed by atoms with Crippen LogP contribution in [0.25, 0.3) is 0 Å². The van der Waals surface area contributed by atoms with E-state index in [-0.39, 0.29) is 6.10 Å². The van der Waals surface area contributed by atoms with Gasteiger partial charge in [0.25, 0.3) is 0 Å². The second-order valence-electron chi connectivity index (χ2n) is 16.7. The van der Waals surface area contributed by atoms with Crippen LogP contribution >= 0.6 is 12.6 Å². The number of nitrogens with two attached hydrogens (primary N) is 2. The highest BCUT2D eigenvalue weighted by molar-refractivity contribution is 7.81. The fourth-order valence-corrected chi connectivity index (χ4v) is 11.3. The number of aryl methyl sites for hydroxylation is 2. The fourth-order valence-electron chi connectivity index (χ4n) is 10.8. The van der Waals surface area contributed by atoms with E-state index < -0.39 is 0 Å². The van der Waals surface area contributed by atoms with Crippen LogP contribution in [0.5, 0.6) is 0 Å². The predicted octanol–water partition coefficient (Wildman–Crippen LogP) is 10.8. The Morgan fingerprint density at radius 2 is 1.34 bits per heavy atom. The predicted molar refractivity (Wildman–Crippen MR) is 207 cm³/mol. The van der Waals surface area contributed by atoms with Gasteiger partial charge in [0.2, 0.25) is 0 Å². The van der Waals surface area contributed by atoms with Crippen LogP contribution in [0.3, 0.4) is 0 Å². The lowest BCUT2D eigenvalue weighted by Gasteiger charge is -2.49. The summed E-state index contributed by atoms with van der Waals surface area (Å²) in [5.74, 6) is 5.77. The van der Waals surface area contributed by atoms with E-state index in [4.69, 9.17) is 24.1 Å². The fraction of sp³-hybridized carbons (Fsp3) is 0.860. The van der Waals surface area contributed by atoms with E-state index >= 15 is 0 Å². The van der Waals surface area contributed by atoms with E-state index in [1.54, 1.807) is 5.56 Å². The van der Waals surface area contributed by atoms with E-state index in [9.17, 15) is 5.11 Å². The zero-order chi connectivity index (χ0) is 33.6. The summed E-state index contributed by atoms with van der Waals surface area (Å²) >= 11 is 5.29. The van der Waals surface area contributed by atoms with Crippen molar-refractivity contribution in [2.75, 3.05) is 13.1 Å². The largest absolute Gasteiger partial charge is 0.393 e. The minimum absolute atomic E-state index is 0.164. The summed E-state index contributed by atoms with van der Waals surface area (Å²) in [6.45, 7) is 8.59. The molecule has 5 N–H and O–H groups in total. The summed E-state index contributed by atoms with van der Waals surface area (Å²) in [4.78, 5) is 0. The molecule has 0 spiro atoms. The molecule has 3 saturated carbocycles. The van der Waals surface area contributed by atoms with Gasteiger partial charge in [-0.05, 0) is 162 Å². The van der Waals surface area contributed by atoms with Crippen LogP contribution in [0.4, 0.5) is 0 Å². The van der Waals surface area contributed by atoms with Gasteiger partial charge in [-0.15, -0.1) is 0 Å². The Morgan fingerprint density at radius 3 is 2.02 bits per heavy atom. The molecule has 0 aromatic heterocycles. The standard InChI is InChI=1S/C43H76N2OS/c1-4-6-8-14-32-24-31(3)25-37(26-32)33-18-20-42(46)40(29-33)41-30-34(19-21-43(41)47)38-27-35(15-9-7-5-2)39(17-11-13-23-45)36(28-38)16-10-12-22-44/h24-26,33-36,38-43,46-47H,4-23,27-30,44-45H2,1-3H3. The molecule has 4 heteroatoms. The highest BCUT2D eigenvalue weighted by atomic mass is 32.1. The summed E-state index contributed by atoms with van der Waals surface area (Å²) in [5, 5.41) is 12.0. The molecule has 3 fully saturated rings. The Labute approximate surface area is 297 Å². The Balaban J connectivity index is 1.48. The first-order valence-electron chi connectivity index (χ1n) is 20.7. The zero-order valence-corrected chi connectivity index (χ0v) is 31.9. The molecular weight excluding hydrogens is 593 g/mol. The number of unbranched alkanes of at least 4 members (excludes halogenated alkanes) is 6. The van der Waals surface area contributed by atoms with Gasteiger partial charge in [0.1, 0.15) is 0 Å². The second-order valence-corrected chi connectivity index (χ2v) is 17.4. The number of aliphatic hydroxyl groups excluding tert-OH is 1. The lowest BCUT2D eigenvalue weighted by atomic mass is 9.57. The van der Waals surface area contributed by atoms with Crippen LogP contribution in [0.2, 0.25) is 0 Å². The van der Waals surface area contributed by atoms with Crippen molar-refractivity contribution in [1.29, 1.82) is 0 Å². The number of hydrogen-bond acceptors (Lipinski definition) is 4. The summed E-state index contributed by atoms with van der Waals surface area (Å²) in [5.41, 5.74) is 16.4. The van der Waals surface area contributed by atoms with Crippen molar-refractivity contribution in [2.45, 2.75) is 179 Å². The molecule has 270 valence electrons. The van der Waals surface area contributed by atoms with Crippen molar-refractivity contribution in [1.82, 2.24) is 0 Å². The third-order valence-electron chi connectivity index (χ3n) is 13.3. The molecule has 0 bridgehead atoms. The van der Waals surface area contributed by atoms with E-state index in [0.29, 0.717) is 23.0 Å². The minimum Gasteiger partial charge on any atom is -0.393 e. The molecule has 3 aliphatic rings. The molecule has 3 aliphatic carbocycles. The van der Waals surface area contributed by atoms with Gasteiger partial charge >= 0.3 is 0 Å². The molecular formula is C43H76N2OS. The average molecular weight is 669 g/mol. The Kier molecular flexibility index (Phi) is 17.5. The third-order valence-corrected chi connectivity index (χ3v) is 13.9. The molecule has 10 unspecified atom stereocenters. The lowest BCUT2D eigenvalue weighted by molar-refractivity contribution is -0.00624. The monoisotopic (exact) mass is 669 g/mol. The van der Waals surface area contributed by atoms with E-state index in [1.165, 1.54) is 133 Å². The molecule has 1 aromatic carbocycles. The molecule has 1 aromatic rings. The molecule has 0 amide bonds. The molecule has 3 nitrogen and oxygen atoms in total. The van der Waals surface area contributed by atoms with E-state index in [2.05, 4.69) is 39.0 Å². The number of benzene rings is 1. The summed E-state index contributed by atoms with van der Waals surface area (Å²) in [7, 11) is 0. The number of rotatable bonds is 19. The highest BCUT2D eigenvalue weighted by Gasteiger charge is 2.45. The first-order valence-corrected chi connectivity index (χ1v) is 21.3. The molecule has 10 atom stereocenters. The van der Waals surface area contributed by atoms with Gasteiger partial charge in [-0.2, -0.15) is 12.6 Å². The maximum absolute atomic E-state index is 11.6. The van der Waals surface area contributed by atoms with E-state index in [0.717, 1.165) is 61.9 Å². The Hall–Kier alpha value is -0.550. The van der Waals surface area contributed by atoms with E-state index in [1.807, 2.05) is 0 Å². The maximum Gasteiger partial charge on any atom is 0.0571 e. The van der Waals surface area contributed by atoms with Crippen LogP contribution in [0.1, 0.15) is 171 Å². The molecule has 0 radical (unpaired) electrons. The van der Waals surface area contributed by atoms with Gasteiger partial charge in [-0.25, -0.2) is 0 Å². The van der Waals surface area contributed by atoms with Gasteiger partial charge in [0, 0.05) is 5.25 Å². The quantitative estimate of drug-likeness (QED) is 0.0876. The molecule has 47 heavy (non-hydrogen) atoms. The van der Waals surface area contributed by atoms with Crippen LogP contribution < -0.4 is 11.5 Å².